The minimum absolute atomic E-state index is 0.282. The third-order valence-electron chi connectivity index (χ3n) is 5.09. The van der Waals surface area contributed by atoms with Gasteiger partial charge in [0.15, 0.2) is 0 Å². The Kier molecular flexibility index (Phi) is 3.78. The van der Waals surface area contributed by atoms with Crippen LogP contribution in [0.15, 0.2) is 24.3 Å². The van der Waals surface area contributed by atoms with Crippen molar-refractivity contribution in [2.75, 3.05) is 5.32 Å². The minimum atomic E-state index is -1.13. The lowest BCUT2D eigenvalue weighted by molar-refractivity contribution is -0.323. The van der Waals surface area contributed by atoms with Gasteiger partial charge >= 0.3 is 0 Å². The van der Waals surface area contributed by atoms with Gasteiger partial charge < -0.3 is 15.2 Å². The van der Waals surface area contributed by atoms with Crippen molar-refractivity contribution in [3.8, 4) is 0 Å². The molecule has 1 amide bonds. The zero-order chi connectivity index (χ0) is 15.8. The Morgan fingerprint density at radius 1 is 1.33 bits per heavy atom. The Morgan fingerprint density at radius 3 is 2.52 bits per heavy atom. The molecule has 0 spiro atoms. The zero-order valence-electron chi connectivity index (χ0n) is 12.4. The lowest BCUT2D eigenvalue weighted by Gasteiger charge is -2.41. The maximum Gasteiger partial charge on any atom is 0.228 e. The summed E-state index contributed by atoms with van der Waals surface area (Å²) in [4.78, 5) is 23.8. The third-order valence-corrected chi connectivity index (χ3v) is 5.09. The molecule has 0 aromatic heterocycles. The molecule has 21 heavy (non-hydrogen) atoms. The molecular weight excluding hydrogens is 273 g/mol. The average Bonchev–Trinajstić information content (AvgIpc) is 2.61. The van der Waals surface area contributed by atoms with Crippen LogP contribution in [-0.2, 0) is 9.59 Å². The van der Waals surface area contributed by atoms with Gasteiger partial charge in [0.1, 0.15) is 5.82 Å². The van der Waals surface area contributed by atoms with Crippen LogP contribution in [0.4, 0.5) is 10.1 Å². The van der Waals surface area contributed by atoms with Crippen LogP contribution >= 0.6 is 0 Å². The molecule has 1 aromatic carbocycles. The SMILES string of the molecule is CC1(C)[C@H](C(=O)Nc2cccc(F)c2)CC[C@]1(C)C(=O)[O-]. The summed E-state index contributed by atoms with van der Waals surface area (Å²) in [6.45, 7) is 5.16. The van der Waals surface area contributed by atoms with Gasteiger partial charge in [-0.1, -0.05) is 26.8 Å². The number of carbonyl (C=O) groups is 2. The first-order chi connectivity index (χ1) is 9.68. The summed E-state index contributed by atoms with van der Waals surface area (Å²) in [5.41, 5.74) is -1.40. The van der Waals surface area contributed by atoms with Gasteiger partial charge in [-0.3, -0.25) is 4.79 Å². The molecule has 1 aromatic rings. The Balaban J connectivity index is 2.19. The fraction of sp³-hybridized carbons (Fsp3) is 0.500. The van der Waals surface area contributed by atoms with Crippen molar-refractivity contribution in [3.05, 3.63) is 30.1 Å². The molecular formula is C16H19FNO3-. The predicted octanol–water partition coefficient (Wildman–Crippen LogP) is 1.96. The number of benzene rings is 1. The highest BCUT2D eigenvalue weighted by atomic mass is 19.1. The number of amides is 1. The van der Waals surface area contributed by atoms with Crippen LogP contribution in [0.2, 0.25) is 0 Å². The fourth-order valence-corrected chi connectivity index (χ4v) is 3.12. The zero-order valence-corrected chi connectivity index (χ0v) is 12.4. The third kappa shape index (κ3) is 2.52. The van der Waals surface area contributed by atoms with Gasteiger partial charge in [0.05, 0.1) is 0 Å². The molecule has 0 heterocycles. The first kappa shape index (κ1) is 15.5. The fourth-order valence-electron chi connectivity index (χ4n) is 3.12. The molecule has 2 rings (SSSR count). The van der Waals surface area contributed by atoms with E-state index in [2.05, 4.69) is 5.32 Å². The number of halogens is 1. The molecule has 0 bridgehead atoms. The van der Waals surface area contributed by atoms with E-state index in [1.54, 1.807) is 26.8 Å². The lowest BCUT2D eigenvalue weighted by Crippen LogP contribution is -2.49. The van der Waals surface area contributed by atoms with E-state index in [9.17, 15) is 19.1 Å². The number of carboxylic acid groups (broad SMARTS) is 1. The number of hydrogen-bond acceptors (Lipinski definition) is 3. The van der Waals surface area contributed by atoms with Gasteiger partial charge in [0, 0.05) is 23.0 Å². The highest BCUT2D eigenvalue weighted by Gasteiger charge is 2.54. The van der Waals surface area contributed by atoms with Crippen LogP contribution in [-0.4, -0.2) is 11.9 Å². The summed E-state index contributed by atoms with van der Waals surface area (Å²) in [6.07, 6.45) is 0.863. The van der Waals surface area contributed by atoms with E-state index in [-0.39, 0.29) is 5.91 Å². The predicted molar refractivity (Wildman–Crippen MR) is 74.6 cm³/mol. The number of anilines is 1. The van der Waals surface area contributed by atoms with Gasteiger partial charge in [-0.25, -0.2) is 4.39 Å². The summed E-state index contributed by atoms with van der Waals surface area (Å²) in [6, 6.07) is 5.64. The summed E-state index contributed by atoms with van der Waals surface area (Å²) < 4.78 is 13.1. The van der Waals surface area contributed by atoms with Crippen LogP contribution in [0, 0.1) is 22.6 Å². The van der Waals surface area contributed by atoms with E-state index < -0.39 is 28.5 Å². The van der Waals surface area contributed by atoms with E-state index in [0.717, 1.165) is 0 Å². The van der Waals surface area contributed by atoms with Gasteiger partial charge in [-0.15, -0.1) is 0 Å². The van der Waals surface area contributed by atoms with Crippen molar-refractivity contribution in [1.82, 2.24) is 0 Å². The molecule has 114 valence electrons. The number of aliphatic carboxylic acids is 1. The molecule has 4 nitrogen and oxygen atoms in total. The smallest absolute Gasteiger partial charge is 0.228 e. The molecule has 1 aliphatic rings. The monoisotopic (exact) mass is 292 g/mol. The van der Waals surface area contributed by atoms with E-state index in [1.807, 2.05) is 0 Å². The lowest BCUT2D eigenvalue weighted by atomic mass is 9.65. The summed E-state index contributed by atoms with van der Waals surface area (Å²) in [7, 11) is 0. The number of rotatable bonds is 3. The average molecular weight is 292 g/mol. The second kappa shape index (κ2) is 5.13. The number of nitrogens with one attached hydrogen (secondary N) is 1. The molecule has 1 saturated carbocycles. The first-order valence-corrected chi connectivity index (χ1v) is 6.96. The Labute approximate surface area is 123 Å². The van der Waals surface area contributed by atoms with Crippen molar-refractivity contribution in [3.63, 3.8) is 0 Å². The van der Waals surface area contributed by atoms with Crippen molar-refractivity contribution < 1.29 is 19.1 Å². The van der Waals surface area contributed by atoms with E-state index in [4.69, 9.17) is 0 Å². The van der Waals surface area contributed by atoms with Crippen molar-refractivity contribution in [1.29, 1.82) is 0 Å². The molecule has 1 aliphatic carbocycles. The highest BCUT2D eigenvalue weighted by molar-refractivity contribution is 5.94. The van der Waals surface area contributed by atoms with E-state index >= 15 is 0 Å². The molecule has 0 radical (unpaired) electrons. The summed E-state index contributed by atoms with van der Waals surface area (Å²) in [5, 5.41) is 14.1. The van der Waals surface area contributed by atoms with E-state index in [0.29, 0.717) is 18.5 Å². The maximum absolute atomic E-state index is 13.1. The van der Waals surface area contributed by atoms with Gasteiger partial charge in [-0.05, 0) is 36.5 Å². The first-order valence-electron chi connectivity index (χ1n) is 6.96. The quantitative estimate of drug-likeness (QED) is 0.926. The second-order valence-corrected chi connectivity index (χ2v) is 6.43. The van der Waals surface area contributed by atoms with Crippen LogP contribution in [0.3, 0.4) is 0 Å². The standard InChI is InChI=1S/C16H20FNO3/c1-15(2)12(7-8-16(15,3)14(20)21)13(19)18-11-6-4-5-10(17)9-11/h4-6,9,12H,7-8H2,1-3H3,(H,18,19)(H,20,21)/p-1/t12-,16+/m0/s1. The second-order valence-electron chi connectivity index (χ2n) is 6.43. The number of carboxylic acids is 1. The normalized spacial score (nSPS) is 27.3. The molecule has 0 unspecified atom stereocenters. The molecule has 5 heteroatoms. The molecule has 0 saturated heterocycles. The molecule has 0 aliphatic heterocycles. The minimum Gasteiger partial charge on any atom is -0.550 e. The van der Waals surface area contributed by atoms with Crippen LogP contribution < -0.4 is 10.4 Å². The maximum atomic E-state index is 13.1. The Hall–Kier alpha value is -1.91. The van der Waals surface area contributed by atoms with Crippen molar-refractivity contribution >= 4 is 17.6 Å². The molecule has 1 N–H and O–H groups in total. The van der Waals surface area contributed by atoms with Gasteiger partial charge in [0.2, 0.25) is 5.91 Å². The van der Waals surface area contributed by atoms with Gasteiger partial charge in [-0.2, -0.15) is 0 Å². The molecule has 2 atom stereocenters. The number of carbonyl (C=O) groups excluding carboxylic acids is 2. The van der Waals surface area contributed by atoms with Crippen molar-refractivity contribution in [2.45, 2.75) is 33.6 Å². The topological polar surface area (TPSA) is 69.2 Å². The number of hydrogen-bond donors (Lipinski definition) is 1. The largest absolute Gasteiger partial charge is 0.550 e. The van der Waals surface area contributed by atoms with Crippen LogP contribution in [0.1, 0.15) is 33.6 Å². The molecule has 1 fully saturated rings. The highest BCUT2D eigenvalue weighted by Crippen LogP contribution is 2.55. The van der Waals surface area contributed by atoms with Crippen LogP contribution in [0.5, 0.6) is 0 Å². The Morgan fingerprint density at radius 2 is 2.00 bits per heavy atom. The van der Waals surface area contributed by atoms with Crippen LogP contribution in [0.25, 0.3) is 0 Å². The summed E-state index contributed by atoms with van der Waals surface area (Å²) >= 11 is 0. The Bertz CT molecular complexity index is 585. The van der Waals surface area contributed by atoms with Gasteiger partial charge in [0.25, 0.3) is 0 Å². The summed E-state index contributed by atoms with van der Waals surface area (Å²) in [5.74, 6) is -2.30. The van der Waals surface area contributed by atoms with Crippen molar-refractivity contribution in [2.24, 2.45) is 16.7 Å². The van der Waals surface area contributed by atoms with E-state index in [1.165, 1.54) is 18.2 Å².